The van der Waals surface area contributed by atoms with Gasteiger partial charge >= 0.3 is 0 Å². The largest absolute Gasteiger partial charge is 0.494 e. The van der Waals surface area contributed by atoms with Gasteiger partial charge < -0.3 is 14.8 Å². The summed E-state index contributed by atoms with van der Waals surface area (Å²) < 4.78 is 11.2. The van der Waals surface area contributed by atoms with Gasteiger partial charge in [-0.25, -0.2) is 4.98 Å². The maximum absolute atomic E-state index is 12.7. The van der Waals surface area contributed by atoms with Crippen LogP contribution in [0.2, 0.25) is 5.02 Å². The molecule has 32 heavy (non-hydrogen) atoms. The Morgan fingerprint density at radius 1 is 1.09 bits per heavy atom. The van der Waals surface area contributed by atoms with E-state index in [4.69, 9.17) is 21.1 Å². The van der Waals surface area contributed by atoms with E-state index < -0.39 is 0 Å². The predicted molar refractivity (Wildman–Crippen MR) is 125 cm³/mol. The van der Waals surface area contributed by atoms with E-state index in [0.717, 1.165) is 23.8 Å². The molecule has 1 amide bonds. The summed E-state index contributed by atoms with van der Waals surface area (Å²) in [6.07, 6.45) is 3.37. The zero-order valence-electron chi connectivity index (χ0n) is 18.1. The van der Waals surface area contributed by atoms with Crippen LogP contribution in [0.4, 0.5) is 0 Å². The van der Waals surface area contributed by atoms with Crippen LogP contribution < -0.4 is 14.8 Å². The van der Waals surface area contributed by atoms with Crippen molar-refractivity contribution in [3.05, 3.63) is 76.4 Å². The molecule has 0 radical (unpaired) electrons. The summed E-state index contributed by atoms with van der Waals surface area (Å²) in [5.41, 5.74) is 3.32. The van der Waals surface area contributed by atoms with Crippen molar-refractivity contribution in [1.82, 2.24) is 10.3 Å². The van der Waals surface area contributed by atoms with Gasteiger partial charge in [0, 0.05) is 29.4 Å². The summed E-state index contributed by atoms with van der Waals surface area (Å²) in [6.45, 7) is 5.11. The van der Waals surface area contributed by atoms with Gasteiger partial charge in [0.25, 0.3) is 5.91 Å². The lowest BCUT2D eigenvalue weighted by atomic mass is 10.0. The summed E-state index contributed by atoms with van der Waals surface area (Å²) in [6, 6.07) is 14.1. The van der Waals surface area contributed by atoms with Crippen LogP contribution in [0.15, 0.2) is 54.7 Å². The van der Waals surface area contributed by atoms with E-state index in [2.05, 4.69) is 10.3 Å². The summed E-state index contributed by atoms with van der Waals surface area (Å²) in [7, 11) is 0. The number of pyridine rings is 1. The number of aromatic nitrogens is 1. The molecule has 0 aliphatic carbocycles. The average molecular weight is 453 g/mol. The third-order valence-electron chi connectivity index (χ3n) is 4.66. The second kappa shape index (κ2) is 11.3. The molecule has 0 saturated carbocycles. The van der Waals surface area contributed by atoms with Crippen LogP contribution in [0.25, 0.3) is 11.1 Å². The first-order chi connectivity index (χ1) is 15.5. The Labute approximate surface area is 192 Å². The minimum atomic E-state index is -0.312. The molecule has 6 nitrogen and oxygen atoms in total. The number of aldehydes is 1. The third kappa shape index (κ3) is 5.86. The topological polar surface area (TPSA) is 77.5 Å². The molecule has 7 heteroatoms. The van der Waals surface area contributed by atoms with E-state index in [9.17, 15) is 9.59 Å². The molecule has 0 bridgehead atoms. The zero-order valence-corrected chi connectivity index (χ0v) is 18.8. The molecule has 1 N–H and O–H groups in total. The van der Waals surface area contributed by atoms with E-state index >= 15 is 0 Å². The molecule has 0 aliphatic heterocycles. The number of benzene rings is 2. The van der Waals surface area contributed by atoms with Crippen molar-refractivity contribution in [2.24, 2.45) is 0 Å². The van der Waals surface area contributed by atoms with Crippen LogP contribution in [0.5, 0.6) is 11.6 Å². The Balaban J connectivity index is 1.79. The SMILES string of the molecule is CCCOc1ccc(C(=O)NCc2cc(-c3cccc(C=O)c3)cnc2OCC)c(Cl)c1. The number of ether oxygens (including phenoxy) is 2. The Morgan fingerprint density at radius 2 is 1.94 bits per heavy atom. The van der Waals surface area contributed by atoms with Gasteiger partial charge in [-0.3, -0.25) is 9.59 Å². The van der Waals surface area contributed by atoms with Crippen LogP contribution in [0.1, 0.15) is 46.5 Å². The first-order valence-corrected chi connectivity index (χ1v) is 10.8. The predicted octanol–water partition coefficient (Wildman–Crippen LogP) is 5.33. The minimum absolute atomic E-state index is 0.201. The molecule has 166 valence electrons. The Hall–Kier alpha value is -3.38. The van der Waals surface area contributed by atoms with Crippen molar-refractivity contribution in [2.75, 3.05) is 13.2 Å². The Bertz CT molecular complexity index is 1100. The number of halogens is 1. The highest BCUT2D eigenvalue weighted by molar-refractivity contribution is 6.34. The molecule has 0 atom stereocenters. The third-order valence-corrected chi connectivity index (χ3v) is 4.97. The van der Waals surface area contributed by atoms with Crippen molar-refractivity contribution in [2.45, 2.75) is 26.8 Å². The van der Waals surface area contributed by atoms with Crippen molar-refractivity contribution in [3.8, 4) is 22.8 Å². The number of nitrogens with one attached hydrogen (secondary N) is 1. The number of carbonyl (C=O) groups excluding carboxylic acids is 2. The summed E-state index contributed by atoms with van der Waals surface area (Å²) >= 11 is 6.29. The molecule has 3 aromatic rings. The Morgan fingerprint density at radius 3 is 2.66 bits per heavy atom. The molecular weight excluding hydrogens is 428 g/mol. The smallest absolute Gasteiger partial charge is 0.253 e. The number of nitrogens with zero attached hydrogens (tertiary/aromatic N) is 1. The van der Waals surface area contributed by atoms with E-state index in [0.29, 0.717) is 46.6 Å². The van der Waals surface area contributed by atoms with Crippen LogP contribution in [-0.2, 0) is 6.54 Å². The molecule has 1 aromatic heterocycles. The van der Waals surface area contributed by atoms with Gasteiger partial charge in [-0.05, 0) is 49.2 Å². The van der Waals surface area contributed by atoms with Crippen molar-refractivity contribution < 1.29 is 19.1 Å². The van der Waals surface area contributed by atoms with Crippen LogP contribution in [0.3, 0.4) is 0 Å². The van der Waals surface area contributed by atoms with Crippen molar-refractivity contribution in [3.63, 3.8) is 0 Å². The first kappa shape index (κ1) is 23.3. The lowest BCUT2D eigenvalue weighted by Gasteiger charge is -2.13. The molecule has 3 rings (SSSR count). The van der Waals surface area contributed by atoms with E-state index in [1.54, 1.807) is 36.5 Å². The van der Waals surface area contributed by atoms with E-state index in [-0.39, 0.29) is 12.5 Å². The fourth-order valence-corrected chi connectivity index (χ4v) is 3.36. The molecule has 0 unspecified atom stereocenters. The van der Waals surface area contributed by atoms with Crippen molar-refractivity contribution >= 4 is 23.8 Å². The maximum Gasteiger partial charge on any atom is 0.253 e. The fourth-order valence-electron chi connectivity index (χ4n) is 3.10. The van der Waals surface area contributed by atoms with Crippen LogP contribution >= 0.6 is 11.6 Å². The van der Waals surface area contributed by atoms with Gasteiger partial charge in [-0.2, -0.15) is 0 Å². The maximum atomic E-state index is 12.7. The number of carbonyl (C=O) groups is 2. The molecule has 2 aromatic carbocycles. The number of amides is 1. The van der Waals surface area contributed by atoms with Gasteiger partial charge in [0.1, 0.15) is 12.0 Å². The van der Waals surface area contributed by atoms with Gasteiger partial charge in [0.05, 0.1) is 23.8 Å². The average Bonchev–Trinajstić information content (AvgIpc) is 2.82. The van der Waals surface area contributed by atoms with Gasteiger partial charge in [-0.1, -0.05) is 36.7 Å². The molecule has 0 aliphatic rings. The highest BCUT2D eigenvalue weighted by atomic mass is 35.5. The normalized spacial score (nSPS) is 10.5. The lowest BCUT2D eigenvalue weighted by Crippen LogP contribution is -2.23. The number of hydrogen-bond acceptors (Lipinski definition) is 5. The van der Waals surface area contributed by atoms with Crippen molar-refractivity contribution in [1.29, 1.82) is 0 Å². The van der Waals surface area contributed by atoms with E-state index in [1.807, 2.05) is 32.0 Å². The molecule has 1 heterocycles. The second-order valence-electron chi connectivity index (χ2n) is 7.04. The van der Waals surface area contributed by atoms with E-state index in [1.165, 1.54) is 0 Å². The summed E-state index contributed by atoms with van der Waals surface area (Å²) in [5, 5.41) is 3.20. The number of rotatable bonds is 10. The standard InChI is InChI=1S/C25H25ClN2O4/c1-3-10-32-21-8-9-22(23(26)13-21)24(30)27-15-20-12-19(14-28-25(20)31-4-2)18-7-5-6-17(11-18)16-29/h5-9,11-14,16H,3-4,10,15H2,1-2H3,(H,27,30). The molecule has 0 saturated heterocycles. The van der Waals surface area contributed by atoms with Gasteiger partial charge in [0.2, 0.25) is 5.88 Å². The van der Waals surface area contributed by atoms with Crippen LogP contribution in [0, 0.1) is 0 Å². The fraction of sp³-hybridized carbons (Fsp3) is 0.240. The molecule has 0 spiro atoms. The Kier molecular flexibility index (Phi) is 8.22. The second-order valence-corrected chi connectivity index (χ2v) is 7.44. The molecule has 0 fully saturated rings. The van der Waals surface area contributed by atoms with Gasteiger partial charge in [-0.15, -0.1) is 0 Å². The summed E-state index contributed by atoms with van der Waals surface area (Å²) in [4.78, 5) is 28.2. The highest BCUT2D eigenvalue weighted by Gasteiger charge is 2.14. The lowest BCUT2D eigenvalue weighted by molar-refractivity contribution is 0.0950. The first-order valence-electron chi connectivity index (χ1n) is 10.4. The molecular formula is C25H25ClN2O4. The minimum Gasteiger partial charge on any atom is -0.494 e. The quantitative estimate of drug-likeness (QED) is 0.420. The zero-order chi connectivity index (χ0) is 22.9. The van der Waals surface area contributed by atoms with Gasteiger partial charge in [0.15, 0.2) is 0 Å². The summed E-state index contributed by atoms with van der Waals surface area (Å²) in [5.74, 6) is 0.756. The van der Waals surface area contributed by atoms with Crippen LogP contribution in [-0.4, -0.2) is 30.4 Å². The highest BCUT2D eigenvalue weighted by Crippen LogP contribution is 2.26. The monoisotopic (exact) mass is 452 g/mol. The number of hydrogen-bond donors (Lipinski definition) is 1.